The molecule has 0 radical (unpaired) electrons. The molecule has 0 amide bonds. The molecule has 0 aromatic heterocycles. The highest BCUT2D eigenvalue weighted by Crippen LogP contribution is 2.22. The maximum absolute atomic E-state index is 5.74. The molecule has 0 atom stereocenters. The molecule has 2 N–H and O–H groups in total. The SMILES string of the molecule is CCCOc1ccc(C)cc1CCCCN. The van der Waals surface area contributed by atoms with E-state index in [1.807, 2.05) is 0 Å². The summed E-state index contributed by atoms with van der Waals surface area (Å²) >= 11 is 0. The van der Waals surface area contributed by atoms with E-state index in [0.717, 1.165) is 44.6 Å². The minimum atomic E-state index is 0.775. The Bertz CT molecular complexity index is 310. The van der Waals surface area contributed by atoms with Crippen LogP contribution in [0.1, 0.15) is 37.3 Å². The molecule has 0 aliphatic heterocycles. The lowest BCUT2D eigenvalue weighted by Crippen LogP contribution is -2.02. The third-order valence-corrected chi connectivity index (χ3v) is 2.58. The van der Waals surface area contributed by atoms with Crippen molar-refractivity contribution in [2.45, 2.75) is 39.5 Å². The van der Waals surface area contributed by atoms with Crippen molar-refractivity contribution < 1.29 is 4.74 Å². The third-order valence-electron chi connectivity index (χ3n) is 2.58. The Morgan fingerprint density at radius 2 is 2.06 bits per heavy atom. The van der Waals surface area contributed by atoms with Crippen molar-refractivity contribution in [3.05, 3.63) is 29.3 Å². The van der Waals surface area contributed by atoms with Gasteiger partial charge in [0.25, 0.3) is 0 Å². The molecule has 0 aliphatic rings. The summed E-state index contributed by atoms with van der Waals surface area (Å²) < 4.78 is 5.74. The summed E-state index contributed by atoms with van der Waals surface area (Å²) in [5.41, 5.74) is 8.13. The standard InChI is InChI=1S/C14H23NO/c1-3-10-16-14-8-7-12(2)11-13(14)6-4-5-9-15/h7-8,11H,3-6,9-10,15H2,1-2H3. The minimum absolute atomic E-state index is 0.775. The quantitative estimate of drug-likeness (QED) is 0.718. The van der Waals surface area contributed by atoms with E-state index in [0.29, 0.717) is 0 Å². The molecular weight excluding hydrogens is 198 g/mol. The Morgan fingerprint density at radius 1 is 1.25 bits per heavy atom. The number of aryl methyl sites for hydroxylation is 2. The van der Waals surface area contributed by atoms with Crippen LogP contribution < -0.4 is 10.5 Å². The maximum Gasteiger partial charge on any atom is 0.122 e. The largest absolute Gasteiger partial charge is 0.493 e. The first-order chi connectivity index (χ1) is 7.77. The van der Waals surface area contributed by atoms with Crippen LogP contribution in [0.15, 0.2) is 18.2 Å². The highest BCUT2D eigenvalue weighted by atomic mass is 16.5. The summed E-state index contributed by atoms with van der Waals surface area (Å²) in [6.45, 7) is 5.82. The van der Waals surface area contributed by atoms with Crippen molar-refractivity contribution in [2.24, 2.45) is 5.73 Å². The van der Waals surface area contributed by atoms with Gasteiger partial charge in [0.2, 0.25) is 0 Å². The number of hydrogen-bond donors (Lipinski definition) is 1. The van der Waals surface area contributed by atoms with Crippen molar-refractivity contribution in [3.63, 3.8) is 0 Å². The molecule has 90 valence electrons. The first kappa shape index (κ1) is 13.0. The molecule has 0 saturated carbocycles. The fourth-order valence-corrected chi connectivity index (χ4v) is 1.72. The van der Waals surface area contributed by atoms with Crippen LogP contribution in [0.3, 0.4) is 0 Å². The Hall–Kier alpha value is -1.02. The summed E-state index contributed by atoms with van der Waals surface area (Å²) in [4.78, 5) is 0. The molecule has 16 heavy (non-hydrogen) atoms. The van der Waals surface area contributed by atoms with Gasteiger partial charge >= 0.3 is 0 Å². The second-order valence-corrected chi connectivity index (χ2v) is 4.21. The highest BCUT2D eigenvalue weighted by Gasteiger charge is 2.03. The second-order valence-electron chi connectivity index (χ2n) is 4.21. The first-order valence-electron chi connectivity index (χ1n) is 6.20. The zero-order chi connectivity index (χ0) is 11.8. The molecule has 0 spiro atoms. The number of rotatable bonds is 7. The van der Waals surface area contributed by atoms with E-state index in [9.17, 15) is 0 Å². The van der Waals surface area contributed by atoms with E-state index in [-0.39, 0.29) is 0 Å². The van der Waals surface area contributed by atoms with Crippen LogP contribution in [0.2, 0.25) is 0 Å². The zero-order valence-electron chi connectivity index (χ0n) is 10.5. The van der Waals surface area contributed by atoms with Crippen molar-refractivity contribution in [1.82, 2.24) is 0 Å². The molecule has 1 rings (SSSR count). The summed E-state index contributed by atoms with van der Waals surface area (Å²) in [5.74, 6) is 1.05. The van der Waals surface area contributed by atoms with Crippen molar-refractivity contribution in [2.75, 3.05) is 13.2 Å². The molecule has 1 aromatic rings. The van der Waals surface area contributed by atoms with Crippen LogP contribution >= 0.6 is 0 Å². The third kappa shape index (κ3) is 4.23. The van der Waals surface area contributed by atoms with Gasteiger partial charge in [-0.1, -0.05) is 24.6 Å². The van der Waals surface area contributed by atoms with Gasteiger partial charge in [-0.15, -0.1) is 0 Å². The number of hydrogen-bond acceptors (Lipinski definition) is 2. The average molecular weight is 221 g/mol. The molecule has 0 unspecified atom stereocenters. The van der Waals surface area contributed by atoms with E-state index >= 15 is 0 Å². The Balaban J connectivity index is 2.65. The van der Waals surface area contributed by atoms with Crippen LogP contribution in [0.4, 0.5) is 0 Å². The summed E-state index contributed by atoms with van der Waals surface area (Å²) in [6, 6.07) is 6.42. The Kier molecular flexibility index (Phi) is 5.94. The van der Waals surface area contributed by atoms with Gasteiger partial charge < -0.3 is 10.5 Å². The lowest BCUT2D eigenvalue weighted by Gasteiger charge is -2.11. The van der Waals surface area contributed by atoms with Crippen LogP contribution in [0, 0.1) is 6.92 Å². The van der Waals surface area contributed by atoms with Crippen LogP contribution in [-0.4, -0.2) is 13.2 Å². The zero-order valence-corrected chi connectivity index (χ0v) is 10.5. The van der Waals surface area contributed by atoms with Gasteiger partial charge in [-0.2, -0.15) is 0 Å². The molecule has 0 aliphatic carbocycles. The minimum Gasteiger partial charge on any atom is -0.493 e. The lowest BCUT2D eigenvalue weighted by molar-refractivity contribution is 0.314. The summed E-state index contributed by atoms with van der Waals surface area (Å²) in [7, 11) is 0. The fraction of sp³-hybridized carbons (Fsp3) is 0.571. The smallest absolute Gasteiger partial charge is 0.122 e. The van der Waals surface area contributed by atoms with Gasteiger partial charge in [0.15, 0.2) is 0 Å². The predicted molar refractivity (Wildman–Crippen MR) is 69.0 cm³/mol. The molecule has 1 aromatic carbocycles. The fourth-order valence-electron chi connectivity index (χ4n) is 1.72. The number of unbranched alkanes of at least 4 members (excludes halogenated alkanes) is 1. The van der Waals surface area contributed by atoms with E-state index in [1.54, 1.807) is 0 Å². The number of nitrogens with two attached hydrogens (primary N) is 1. The van der Waals surface area contributed by atoms with Gasteiger partial charge in [-0.05, 0) is 50.8 Å². The van der Waals surface area contributed by atoms with Crippen molar-refractivity contribution >= 4 is 0 Å². The van der Waals surface area contributed by atoms with Gasteiger partial charge in [0, 0.05) is 0 Å². The Morgan fingerprint density at radius 3 is 2.75 bits per heavy atom. The van der Waals surface area contributed by atoms with Crippen LogP contribution in [0.25, 0.3) is 0 Å². The van der Waals surface area contributed by atoms with Gasteiger partial charge in [-0.25, -0.2) is 0 Å². The molecule has 2 nitrogen and oxygen atoms in total. The van der Waals surface area contributed by atoms with Crippen LogP contribution in [0.5, 0.6) is 5.75 Å². The lowest BCUT2D eigenvalue weighted by atomic mass is 10.0. The van der Waals surface area contributed by atoms with Gasteiger partial charge in [0.05, 0.1) is 6.61 Å². The number of ether oxygens (including phenoxy) is 1. The summed E-state index contributed by atoms with van der Waals surface area (Å²) in [5, 5.41) is 0. The average Bonchev–Trinajstić information content (AvgIpc) is 2.28. The highest BCUT2D eigenvalue weighted by molar-refractivity contribution is 5.37. The predicted octanol–water partition coefficient (Wildman–Crippen LogP) is 3.07. The topological polar surface area (TPSA) is 35.2 Å². The van der Waals surface area contributed by atoms with Crippen molar-refractivity contribution in [1.29, 1.82) is 0 Å². The Labute approximate surface area is 98.8 Å². The molecule has 0 bridgehead atoms. The second kappa shape index (κ2) is 7.29. The van der Waals surface area contributed by atoms with Gasteiger partial charge in [0.1, 0.15) is 5.75 Å². The summed E-state index contributed by atoms with van der Waals surface area (Å²) in [6.07, 6.45) is 4.34. The molecule has 0 fully saturated rings. The van der Waals surface area contributed by atoms with Crippen LogP contribution in [-0.2, 0) is 6.42 Å². The molecular formula is C14H23NO. The van der Waals surface area contributed by atoms with Gasteiger partial charge in [-0.3, -0.25) is 0 Å². The van der Waals surface area contributed by atoms with E-state index in [2.05, 4.69) is 32.0 Å². The van der Waals surface area contributed by atoms with E-state index in [1.165, 1.54) is 11.1 Å². The number of benzene rings is 1. The first-order valence-corrected chi connectivity index (χ1v) is 6.20. The monoisotopic (exact) mass is 221 g/mol. The van der Waals surface area contributed by atoms with E-state index < -0.39 is 0 Å². The molecule has 0 saturated heterocycles. The molecule has 0 heterocycles. The maximum atomic E-state index is 5.74. The van der Waals surface area contributed by atoms with E-state index in [4.69, 9.17) is 10.5 Å². The molecule has 2 heteroatoms. The van der Waals surface area contributed by atoms with Crippen molar-refractivity contribution in [3.8, 4) is 5.75 Å². The normalized spacial score (nSPS) is 10.4.